The zero-order valence-electron chi connectivity index (χ0n) is 10.5. The average molecular weight is 234 g/mol. The average Bonchev–Trinajstić information content (AvgIpc) is 2.25. The first kappa shape index (κ1) is 12.0. The molecule has 92 valence electrons. The summed E-state index contributed by atoms with van der Waals surface area (Å²) in [6.07, 6.45) is 2.86. The molecule has 17 heavy (non-hydrogen) atoms. The molecule has 2 rings (SSSR count). The molecule has 3 heteroatoms. The topological polar surface area (TPSA) is 46.5 Å². The van der Waals surface area contributed by atoms with E-state index in [0.29, 0.717) is 11.3 Å². The lowest BCUT2D eigenvalue weighted by molar-refractivity contribution is 0.0691. The third-order valence-corrected chi connectivity index (χ3v) is 3.53. The standard InChI is InChI=1S/C14H18O3/c1-14(2)7-6-9-4-5-11(17-3)12(13(15)16)10(9)8-14/h4-5H,6-8H2,1-3H3,(H,15,16). The van der Waals surface area contributed by atoms with Gasteiger partial charge < -0.3 is 9.84 Å². The number of hydrogen-bond acceptors (Lipinski definition) is 2. The van der Waals surface area contributed by atoms with E-state index in [-0.39, 0.29) is 5.41 Å². The third kappa shape index (κ3) is 2.14. The Kier molecular flexibility index (Phi) is 2.86. The molecule has 0 unspecified atom stereocenters. The minimum absolute atomic E-state index is 0.170. The number of carboxylic acid groups (broad SMARTS) is 1. The number of hydrogen-bond donors (Lipinski definition) is 1. The second-order valence-corrected chi connectivity index (χ2v) is 5.43. The van der Waals surface area contributed by atoms with E-state index in [1.807, 2.05) is 6.07 Å². The van der Waals surface area contributed by atoms with Crippen molar-refractivity contribution in [3.63, 3.8) is 0 Å². The number of rotatable bonds is 2. The van der Waals surface area contributed by atoms with Gasteiger partial charge in [0.15, 0.2) is 0 Å². The van der Waals surface area contributed by atoms with Gasteiger partial charge in [-0.25, -0.2) is 4.79 Å². The monoisotopic (exact) mass is 234 g/mol. The van der Waals surface area contributed by atoms with Gasteiger partial charge in [-0.1, -0.05) is 19.9 Å². The minimum atomic E-state index is -0.892. The van der Waals surface area contributed by atoms with E-state index in [0.717, 1.165) is 30.4 Å². The fourth-order valence-electron chi connectivity index (χ4n) is 2.55. The molecule has 0 amide bonds. The Morgan fingerprint density at radius 1 is 1.41 bits per heavy atom. The van der Waals surface area contributed by atoms with Crippen LogP contribution in [0.2, 0.25) is 0 Å². The number of methoxy groups -OCH3 is 1. The maximum absolute atomic E-state index is 11.4. The largest absolute Gasteiger partial charge is 0.496 e. The Morgan fingerprint density at radius 2 is 2.12 bits per heavy atom. The van der Waals surface area contributed by atoms with Crippen molar-refractivity contribution in [2.24, 2.45) is 5.41 Å². The van der Waals surface area contributed by atoms with Crippen molar-refractivity contribution >= 4 is 5.97 Å². The van der Waals surface area contributed by atoms with Gasteiger partial charge >= 0.3 is 5.97 Å². The van der Waals surface area contributed by atoms with Crippen LogP contribution in [0.15, 0.2) is 12.1 Å². The molecule has 0 spiro atoms. The highest BCUT2D eigenvalue weighted by molar-refractivity contribution is 5.93. The summed E-state index contributed by atoms with van der Waals surface area (Å²) >= 11 is 0. The number of carboxylic acids is 1. The van der Waals surface area contributed by atoms with Gasteiger partial charge in [0.05, 0.1) is 7.11 Å². The first-order chi connectivity index (χ1) is 7.94. The van der Waals surface area contributed by atoms with Gasteiger partial charge in [0.1, 0.15) is 11.3 Å². The van der Waals surface area contributed by atoms with Crippen LogP contribution in [0.3, 0.4) is 0 Å². The van der Waals surface area contributed by atoms with Gasteiger partial charge in [0, 0.05) is 0 Å². The van der Waals surface area contributed by atoms with Crippen molar-refractivity contribution in [2.45, 2.75) is 33.1 Å². The minimum Gasteiger partial charge on any atom is -0.496 e. The van der Waals surface area contributed by atoms with Crippen LogP contribution in [-0.4, -0.2) is 18.2 Å². The van der Waals surface area contributed by atoms with Gasteiger partial charge in [0.2, 0.25) is 0 Å². The van der Waals surface area contributed by atoms with E-state index in [9.17, 15) is 9.90 Å². The molecule has 3 nitrogen and oxygen atoms in total. The Morgan fingerprint density at radius 3 is 2.71 bits per heavy atom. The molecule has 0 fully saturated rings. The van der Waals surface area contributed by atoms with E-state index in [1.54, 1.807) is 6.07 Å². The molecule has 1 aliphatic carbocycles. The molecule has 0 aliphatic heterocycles. The van der Waals surface area contributed by atoms with Gasteiger partial charge in [-0.05, 0) is 41.9 Å². The van der Waals surface area contributed by atoms with E-state index >= 15 is 0 Å². The second kappa shape index (κ2) is 4.06. The summed E-state index contributed by atoms with van der Waals surface area (Å²) in [7, 11) is 1.52. The summed E-state index contributed by atoms with van der Waals surface area (Å²) in [5.74, 6) is -0.426. The Bertz CT molecular complexity index is 461. The van der Waals surface area contributed by atoms with Crippen LogP contribution in [0.5, 0.6) is 5.75 Å². The van der Waals surface area contributed by atoms with Crippen LogP contribution >= 0.6 is 0 Å². The number of aryl methyl sites for hydroxylation is 1. The van der Waals surface area contributed by atoms with Gasteiger partial charge in [-0.3, -0.25) is 0 Å². The molecule has 0 atom stereocenters. The Labute approximate surface area is 101 Å². The molecule has 0 saturated heterocycles. The first-order valence-electron chi connectivity index (χ1n) is 5.87. The molecule has 1 aromatic rings. The third-order valence-electron chi connectivity index (χ3n) is 3.53. The molecule has 0 saturated carbocycles. The van der Waals surface area contributed by atoms with Crippen molar-refractivity contribution < 1.29 is 14.6 Å². The molecule has 1 N–H and O–H groups in total. The van der Waals surface area contributed by atoms with Crippen molar-refractivity contribution in [1.82, 2.24) is 0 Å². The van der Waals surface area contributed by atoms with Gasteiger partial charge in [0.25, 0.3) is 0 Å². The highest BCUT2D eigenvalue weighted by Crippen LogP contribution is 2.38. The number of fused-ring (bicyclic) bond motifs is 1. The number of aromatic carboxylic acids is 1. The van der Waals surface area contributed by atoms with Crippen molar-refractivity contribution in [2.75, 3.05) is 7.11 Å². The molecule has 1 aromatic carbocycles. The molecular weight excluding hydrogens is 216 g/mol. The molecule has 0 heterocycles. The predicted molar refractivity (Wildman–Crippen MR) is 65.8 cm³/mol. The van der Waals surface area contributed by atoms with Gasteiger partial charge in [-0.15, -0.1) is 0 Å². The quantitative estimate of drug-likeness (QED) is 0.855. The molecule has 1 aliphatic rings. The van der Waals surface area contributed by atoms with Crippen LogP contribution in [0.4, 0.5) is 0 Å². The first-order valence-corrected chi connectivity index (χ1v) is 5.87. The smallest absolute Gasteiger partial charge is 0.339 e. The second-order valence-electron chi connectivity index (χ2n) is 5.43. The van der Waals surface area contributed by atoms with Crippen molar-refractivity contribution in [3.05, 3.63) is 28.8 Å². The van der Waals surface area contributed by atoms with E-state index in [1.165, 1.54) is 7.11 Å². The molecule has 0 radical (unpaired) electrons. The fraction of sp³-hybridized carbons (Fsp3) is 0.500. The normalized spacial score (nSPS) is 17.4. The summed E-state index contributed by atoms with van der Waals surface area (Å²) in [5, 5.41) is 9.34. The van der Waals surface area contributed by atoms with Crippen LogP contribution in [0.1, 0.15) is 41.8 Å². The highest BCUT2D eigenvalue weighted by Gasteiger charge is 2.30. The number of benzene rings is 1. The lowest BCUT2D eigenvalue weighted by atomic mass is 9.73. The Hall–Kier alpha value is -1.51. The highest BCUT2D eigenvalue weighted by atomic mass is 16.5. The molecule has 0 bridgehead atoms. The van der Waals surface area contributed by atoms with Crippen LogP contribution in [-0.2, 0) is 12.8 Å². The van der Waals surface area contributed by atoms with Crippen molar-refractivity contribution in [3.8, 4) is 5.75 Å². The molecular formula is C14H18O3. The predicted octanol–water partition coefficient (Wildman–Crippen LogP) is 2.91. The zero-order valence-corrected chi connectivity index (χ0v) is 10.5. The summed E-state index contributed by atoms with van der Waals surface area (Å²) in [4.78, 5) is 11.4. The maximum atomic E-state index is 11.4. The van der Waals surface area contributed by atoms with E-state index < -0.39 is 5.97 Å². The summed E-state index contributed by atoms with van der Waals surface area (Å²) in [5.41, 5.74) is 2.62. The van der Waals surface area contributed by atoms with Crippen molar-refractivity contribution in [1.29, 1.82) is 0 Å². The number of ether oxygens (including phenoxy) is 1. The van der Waals surface area contributed by atoms with Crippen LogP contribution < -0.4 is 4.74 Å². The van der Waals surface area contributed by atoms with Crippen LogP contribution in [0.25, 0.3) is 0 Å². The van der Waals surface area contributed by atoms with E-state index in [2.05, 4.69) is 13.8 Å². The Balaban J connectivity index is 2.59. The van der Waals surface area contributed by atoms with Crippen LogP contribution in [0, 0.1) is 5.41 Å². The maximum Gasteiger partial charge on any atom is 0.339 e. The number of carbonyl (C=O) groups is 1. The summed E-state index contributed by atoms with van der Waals surface area (Å²) in [6, 6.07) is 3.76. The fourth-order valence-corrected chi connectivity index (χ4v) is 2.55. The zero-order chi connectivity index (χ0) is 12.6. The lowest BCUT2D eigenvalue weighted by Gasteiger charge is -2.32. The molecule has 0 aromatic heterocycles. The summed E-state index contributed by atoms with van der Waals surface area (Å²) < 4.78 is 5.16. The SMILES string of the molecule is COc1ccc2c(c1C(=O)O)CC(C)(C)CC2. The lowest BCUT2D eigenvalue weighted by Crippen LogP contribution is -2.24. The van der Waals surface area contributed by atoms with Gasteiger partial charge in [-0.2, -0.15) is 0 Å². The summed E-state index contributed by atoms with van der Waals surface area (Å²) in [6.45, 7) is 4.36. The van der Waals surface area contributed by atoms with E-state index in [4.69, 9.17) is 4.74 Å².